The molecule has 0 unspecified atom stereocenters. The highest BCUT2D eigenvalue weighted by atomic mass is 16.3. The number of benzene rings is 2. The zero-order chi connectivity index (χ0) is 14.7. The topological polar surface area (TPSA) is 75.3 Å². The van der Waals surface area contributed by atoms with Gasteiger partial charge in [0.15, 0.2) is 0 Å². The van der Waals surface area contributed by atoms with Crippen molar-refractivity contribution in [2.24, 2.45) is 0 Å². The Hall–Kier alpha value is -2.49. The van der Waals surface area contributed by atoms with E-state index in [1.807, 2.05) is 26.0 Å². The van der Waals surface area contributed by atoms with Gasteiger partial charge in [-0.15, -0.1) is 0 Å². The summed E-state index contributed by atoms with van der Waals surface area (Å²) in [6.07, 6.45) is 0.195. The number of nitrogens with one attached hydrogen (secondary N) is 1. The van der Waals surface area contributed by atoms with Crippen LogP contribution in [0.4, 0.5) is 11.4 Å². The van der Waals surface area contributed by atoms with Gasteiger partial charge in [-0.1, -0.05) is 12.1 Å². The number of aromatic hydroxyl groups is 1. The number of phenols is 1. The van der Waals surface area contributed by atoms with Gasteiger partial charge < -0.3 is 16.2 Å². The lowest BCUT2D eigenvalue weighted by Gasteiger charge is -2.11. The van der Waals surface area contributed by atoms with Crippen LogP contribution in [-0.2, 0) is 11.2 Å². The fraction of sp³-hybridized carbons (Fsp3) is 0.188. The minimum atomic E-state index is -0.162. The van der Waals surface area contributed by atoms with Crippen molar-refractivity contribution in [2.75, 3.05) is 11.1 Å². The summed E-state index contributed by atoms with van der Waals surface area (Å²) in [5.41, 5.74) is 10.00. The second-order valence-corrected chi connectivity index (χ2v) is 4.92. The Morgan fingerprint density at radius 2 is 1.90 bits per heavy atom. The fourth-order valence-electron chi connectivity index (χ4n) is 1.99. The van der Waals surface area contributed by atoms with Gasteiger partial charge >= 0.3 is 0 Å². The van der Waals surface area contributed by atoms with Crippen molar-refractivity contribution >= 4 is 17.3 Å². The number of aryl methyl sites for hydroxylation is 2. The van der Waals surface area contributed by atoms with E-state index in [1.54, 1.807) is 24.3 Å². The summed E-state index contributed by atoms with van der Waals surface area (Å²) in [6.45, 7) is 3.95. The zero-order valence-corrected chi connectivity index (χ0v) is 11.6. The molecule has 0 aliphatic heterocycles. The molecule has 0 aliphatic rings. The first-order valence-corrected chi connectivity index (χ1v) is 6.40. The molecule has 20 heavy (non-hydrogen) atoms. The zero-order valence-electron chi connectivity index (χ0n) is 11.6. The number of hydrogen-bond donors (Lipinski definition) is 3. The number of carbonyl (C=O) groups excluding carboxylic acids is 1. The molecule has 104 valence electrons. The van der Waals surface area contributed by atoms with E-state index < -0.39 is 0 Å². The third-order valence-corrected chi connectivity index (χ3v) is 3.22. The number of carbonyl (C=O) groups is 1. The van der Waals surface area contributed by atoms with Crippen LogP contribution >= 0.6 is 0 Å². The van der Waals surface area contributed by atoms with Gasteiger partial charge in [-0.3, -0.25) is 4.79 Å². The highest BCUT2D eigenvalue weighted by Gasteiger charge is 2.08. The molecule has 0 bridgehead atoms. The third-order valence-electron chi connectivity index (χ3n) is 3.22. The molecule has 0 radical (unpaired) electrons. The van der Waals surface area contributed by atoms with Crippen LogP contribution in [0.5, 0.6) is 5.75 Å². The number of rotatable bonds is 3. The lowest BCUT2D eigenvalue weighted by molar-refractivity contribution is -0.115. The normalized spacial score (nSPS) is 10.3. The average Bonchev–Trinajstić information content (AvgIpc) is 2.36. The van der Waals surface area contributed by atoms with Crippen molar-refractivity contribution in [3.63, 3.8) is 0 Å². The summed E-state index contributed by atoms with van der Waals surface area (Å²) in [4.78, 5) is 12.0. The molecule has 4 N–H and O–H groups in total. The molecule has 0 spiro atoms. The Balaban J connectivity index is 2.10. The molecule has 0 aliphatic carbocycles. The molecule has 2 rings (SSSR count). The fourth-order valence-corrected chi connectivity index (χ4v) is 1.99. The van der Waals surface area contributed by atoms with Crippen molar-refractivity contribution in [1.82, 2.24) is 0 Å². The van der Waals surface area contributed by atoms with E-state index in [9.17, 15) is 9.90 Å². The highest BCUT2D eigenvalue weighted by Crippen LogP contribution is 2.23. The summed E-state index contributed by atoms with van der Waals surface area (Å²) in [6, 6.07) is 10.4. The Bertz CT molecular complexity index is 651. The molecular formula is C16H18N2O2. The maximum atomic E-state index is 12.0. The molecule has 2 aromatic rings. The van der Waals surface area contributed by atoms with Crippen LogP contribution in [-0.4, -0.2) is 11.0 Å². The first-order chi connectivity index (χ1) is 9.45. The SMILES string of the molecule is Cc1cc(N)c(NC(=O)Cc2cccc(O)c2)cc1C. The molecule has 4 nitrogen and oxygen atoms in total. The van der Waals surface area contributed by atoms with Crippen molar-refractivity contribution in [3.8, 4) is 5.75 Å². The van der Waals surface area contributed by atoms with Crippen LogP contribution in [0.15, 0.2) is 36.4 Å². The second-order valence-electron chi connectivity index (χ2n) is 4.92. The van der Waals surface area contributed by atoms with Gasteiger partial charge in [0.05, 0.1) is 17.8 Å². The number of anilines is 2. The van der Waals surface area contributed by atoms with Crippen LogP contribution in [0.3, 0.4) is 0 Å². The van der Waals surface area contributed by atoms with Gasteiger partial charge in [0.2, 0.25) is 5.91 Å². The van der Waals surface area contributed by atoms with E-state index in [2.05, 4.69) is 5.32 Å². The summed E-state index contributed by atoms with van der Waals surface area (Å²) in [5, 5.41) is 12.2. The smallest absolute Gasteiger partial charge is 0.228 e. The summed E-state index contributed by atoms with van der Waals surface area (Å²) in [7, 11) is 0. The van der Waals surface area contributed by atoms with Crippen LogP contribution in [0, 0.1) is 13.8 Å². The largest absolute Gasteiger partial charge is 0.508 e. The minimum absolute atomic E-state index is 0.154. The summed E-state index contributed by atoms with van der Waals surface area (Å²) < 4.78 is 0. The molecular weight excluding hydrogens is 252 g/mol. The molecule has 0 atom stereocenters. The predicted octanol–water partition coefficient (Wildman–Crippen LogP) is 2.77. The quantitative estimate of drug-likeness (QED) is 0.751. The van der Waals surface area contributed by atoms with Crippen LogP contribution < -0.4 is 11.1 Å². The van der Waals surface area contributed by atoms with E-state index in [4.69, 9.17) is 5.73 Å². The van der Waals surface area contributed by atoms with Crippen molar-refractivity contribution < 1.29 is 9.90 Å². The summed E-state index contributed by atoms with van der Waals surface area (Å²) >= 11 is 0. The van der Waals surface area contributed by atoms with Crippen molar-refractivity contribution in [3.05, 3.63) is 53.1 Å². The van der Waals surface area contributed by atoms with Crippen molar-refractivity contribution in [2.45, 2.75) is 20.3 Å². The van der Waals surface area contributed by atoms with Gasteiger partial charge in [0, 0.05) is 0 Å². The van der Waals surface area contributed by atoms with E-state index in [1.165, 1.54) is 0 Å². The van der Waals surface area contributed by atoms with E-state index in [0.29, 0.717) is 11.4 Å². The number of amides is 1. The Morgan fingerprint density at radius 3 is 2.60 bits per heavy atom. The Kier molecular flexibility index (Phi) is 3.94. The van der Waals surface area contributed by atoms with Gasteiger partial charge in [-0.2, -0.15) is 0 Å². The molecule has 0 saturated carbocycles. The van der Waals surface area contributed by atoms with Crippen LogP contribution in [0.1, 0.15) is 16.7 Å². The molecule has 0 fully saturated rings. The lowest BCUT2D eigenvalue weighted by Crippen LogP contribution is -2.15. The predicted molar refractivity (Wildman–Crippen MR) is 80.8 cm³/mol. The molecule has 4 heteroatoms. The van der Waals surface area contributed by atoms with Crippen molar-refractivity contribution in [1.29, 1.82) is 0 Å². The first-order valence-electron chi connectivity index (χ1n) is 6.40. The van der Waals surface area contributed by atoms with E-state index in [-0.39, 0.29) is 18.1 Å². The standard InChI is InChI=1S/C16H18N2O2/c1-10-6-14(17)15(7-11(10)2)18-16(20)9-12-4-3-5-13(19)8-12/h3-8,19H,9,17H2,1-2H3,(H,18,20). The van der Waals surface area contributed by atoms with E-state index >= 15 is 0 Å². The lowest BCUT2D eigenvalue weighted by atomic mass is 10.1. The van der Waals surface area contributed by atoms with Crippen LogP contribution in [0.25, 0.3) is 0 Å². The Labute approximate surface area is 118 Å². The maximum absolute atomic E-state index is 12.0. The molecule has 2 aromatic carbocycles. The maximum Gasteiger partial charge on any atom is 0.228 e. The van der Waals surface area contributed by atoms with Gasteiger partial charge in [-0.05, 0) is 54.8 Å². The summed E-state index contributed by atoms with van der Waals surface area (Å²) in [5.74, 6) is -0.00783. The first kappa shape index (κ1) is 13.9. The number of nitrogens with two attached hydrogens (primary N) is 1. The molecule has 0 heterocycles. The van der Waals surface area contributed by atoms with Crippen LogP contribution in [0.2, 0.25) is 0 Å². The van der Waals surface area contributed by atoms with Gasteiger partial charge in [0.25, 0.3) is 0 Å². The number of phenolic OH excluding ortho intramolecular Hbond substituents is 1. The molecule has 0 saturated heterocycles. The highest BCUT2D eigenvalue weighted by molar-refractivity contribution is 5.95. The molecule has 0 aromatic heterocycles. The third kappa shape index (κ3) is 3.29. The second kappa shape index (κ2) is 5.65. The van der Waals surface area contributed by atoms with Gasteiger partial charge in [-0.25, -0.2) is 0 Å². The molecule has 1 amide bonds. The number of nitrogen functional groups attached to an aromatic ring is 1. The average molecular weight is 270 g/mol. The monoisotopic (exact) mass is 270 g/mol. The van der Waals surface area contributed by atoms with Gasteiger partial charge in [0.1, 0.15) is 5.75 Å². The van der Waals surface area contributed by atoms with E-state index in [0.717, 1.165) is 16.7 Å². The number of hydrogen-bond acceptors (Lipinski definition) is 3. The Morgan fingerprint density at radius 1 is 1.20 bits per heavy atom. The minimum Gasteiger partial charge on any atom is -0.508 e.